The molecule has 9 heteroatoms. The summed E-state index contributed by atoms with van der Waals surface area (Å²) in [5.41, 5.74) is 0.800. The molecule has 0 unspecified atom stereocenters. The van der Waals surface area contributed by atoms with Crippen molar-refractivity contribution in [1.82, 2.24) is 20.2 Å². The van der Waals surface area contributed by atoms with Crippen LogP contribution in [0.2, 0.25) is 0 Å². The summed E-state index contributed by atoms with van der Waals surface area (Å²) in [7, 11) is 1.60. The van der Waals surface area contributed by atoms with E-state index >= 15 is 0 Å². The first-order valence-electron chi connectivity index (χ1n) is 10.6. The Hall–Kier alpha value is -3.36. The van der Waals surface area contributed by atoms with Crippen molar-refractivity contribution in [1.29, 1.82) is 0 Å². The SMILES string of the molecule is COc1ccc(N2CCN(CC(=O)NC3CCC(Oc4ncccn4)CC3)C2=O)cc1. The minimum Gasteiger partial charge on any atom is -0.497 e. The van der Waals surface area contributed by atoms with Crippen LogP contribution in [0.3, 0.4) is 0 Å². The maximum absolute atomic E-state index is 12.7. The van der Waals surface area contributed by atoms with Crippen LogP contribution >= 0.6 is 0 Å². The molecule has 2 fully saturated rings. The van der Waals surface area contributed by atoms with Crippen molar-refractivity contribution in [3.63, 3.8) is 0 Å². The molecule has 1 saturated carbocycles. The van der Waals surface area contributed by atoms with E-state index in [-0.39, 0.29) is 30.6 Å². The normalized spacial score (nSPS) is 21.1. The second kappa shape index (κ2) is 9.63. The van der Waals surface area contributed by atoms with Crippen LogP contribution in [-0.2, 0) is 4.79 Å². The lowest BCUT2D eigenvalue weighted by atomic mass is 9.93. The number of amides is 3. The van der Waals surface area contributed by atoms with E-state index in [0.29, 0.717) is 19.1 Å². The number of rotatable bonds is 7. The monoisotopic (exact) mass is 425 g/mol. The van der Waals surface area contributed by atoms with Crippen LogP contribution in [0.5, 0.6) is 11.8 Å². The number of aromatic nitrogens is 2. The first-order valence-corrected chi connectivity index (χ1v) is 10.6. The van der Waals surface area contributed by atoms with Gasteiger partial charge in [-0.1, -0.05) is 0 Å². The molecule has 0 radical (unpaired) electrons. The number of carbonyl (C=O) groups excluding carboxylic acids is 2. The van der Waals surface area contributed by atoms with Crippen molar-refractivity contribution in [2.75, 3.05) is 31.6 Å². The fraction of sp³-hybridized carbons (Fsp3) is 0.455. The molecule has 2 aliphatic rings. The molecule has 1 aliphatic carbocycles. The number of hydrogen-bond acceptors (Lipinski definition) is 6. The Morgan fingerprint density at radius 3 is 2.48 bits per heavy atom. The Kier molecular flexibility index (Phi) is 6.49. The minimum atomic E-state index is -0.153. The molecule has 0 spiro atoms. The molecule has 9 nitrogen and oxygen atoms in total. The summed E-state index contributed by atoms with van der Waals surface area (Å²) in [6, 6.07) is 9.43. The highest BCUT2D eigenvalue weighted by Crippen LogP contribution is 2.24. The summed E-state index contributed by atoms with van der Waals surface area (Å²) >= 11 is 0. The van der Waals surface area contributed by atoms with Gasteiger partial charge >= 0.3 is 12.0 Å². The van der Waals surface area contributed by atoms with Crippen molar-refractivity contribution in [3.8, 4) is 11.8 Å². The number of hydrogen-bond donors (Lipinski definition) is 1. The molecule has 1 aromatic heterocycles. The van der Waals surface area contributed by atoms with E-state index in [1.807, 2.05) is 24.3 Å². The second-order valence-electron chi connectivity index (χ2n) is 7.74. The Morgan fingerprint density at radius 1 is 1.10 bits per heavy atom. The van der Waals surface area contributed by atoms with Gasteiger partial charge < -0.3 is 19.7 Å². The van der Waals surface area contributed by atoms with Crippen LogP contribution in [0.15, 0.2) is 42.7 Å². The topological polar surface area (TPSA) is 96.9 Å². The predicted octanol–water partition coefficient (Wildman–Crippen LogP) is 2.23. The van der Waals surface area contributed by atoms with E-state index in [9.17, 15) is 9.59 Å². The quantitative estimate of drug-likeness (QED) is 0.731. The van der Waals surface area contributed by atoms with Crippen molar-refractivity contribution >= 4 is 17.6 Å². The Balaban J connectivity index is 1.22. The van der Waals surface area contributed by atoms with Gasteiger partial charge in [-0.15, -0.1) is 0 Å². The lowest BCUT2D eigenvalue weighted by Gasteiger charge is -2.29. The van der Waals surface area contributed by atoms with Gasteiger partial charge in [-0.25, -0.2) is 14.8 Å². The number of carbonyl (C=O) groups is 2. The van der Waals surface area contributed by atoms with E-state index in [1.165, 1.54) is 0 Å². The van der Waals surface area contributed by atoms with Crippen LogP contribution < -0.4 is 19.7 Å². The number of nitrogens with one attached hydrogen (secondary N) is 1. The van der Waals surface area contributed by atoms with Crippen LogP contribution in [0, 0.1) is 0 Å². The molecule has 1 aromatic carbocycles. The number of ether oxygens (including phenoxy) is 2. The lowest BCUT2D eigenvalue weighted by molar-refractivity contribution is -0.122. The molecular weight excluding hydrogens is 398 g/mol. The second-order valence-corrected chi connectivity index (χ2v) is 7.74. The van der Waals surface area contributed by atoms with Gasteiger partial charge in [0.25, 0.3) is 0 Å². The van der Waals surface area contributed by atoms with Gasteiger partial charge in [-0.2, -0.15) is 0 Å². The summed E-state index contributed by atoms with van der Waals surface area (Å²) < 4.78 is 11.0. The molecule has 2 aromatic rings. The average molecular weight is 425 g/mol. The molecule has 1 saturated heterocycles. The summed E-state index contributed by atoms with van der Waals surface area (Å²) in [6.45, 7) is 1.15. The zero-order valence-corrected chi connectivity index (χ0v) is 17.6. The first-order chi connectivity index (χ1) is 15.1. The van der Waals surface area contributed by atoms with Gasteiger partial charge in [0.15, 0.2) is 0 Å². The predicted molar refractivity (Wildman–Crippen MR) is 114 cm³/mol. The van der Waals surface area contributed by atoms with E-state index in [4.69, 9.17) is 9.47 Å². The fourth-order valence-corrected chi connectivity index (χ4v) is 4.00. The van der Waals surface area contributed by atoms with Gasteiger partial charge in [-0.05, 0) is 56.0 Å². The average Bonchev–Trinajstić information content (AvgIpc) is 3.16. The van der Waals surface area contributed by atoms with Crippen LogP contribution in [-0.4, -0.2) is 65.7 Å². The fourth-order valence-electron chi connectivity index (χ4n) is 4.00. The third-order valence-corrected chi connectivity index (χ3v) is 5.67. The largest absolute Gasteiger partial charge is 0.497 e. The maximum atomic E-state index is 12.7. The van der Waals surface area contributed by atoms with Gasteiger partial charge in [0, 0.05) is 37.2 Å². The van der Waals surface area contributed by atoms with Gasteiger partial charge in [0.2, 0.25) is 5.91 Å². The van der Waals surface area contributed by atoms with Crippen molar-refractivity contribution < 1.29 is 19.1 Å². The highest BCUT2D eigenvalue weighted by atomic mass is 16.5. The summed E-state index contributed by atoms with van der Waals surface area (Å²) in [5.74, 6) is 0.615. The molecule has 0 atom stereocenters. The number of nitrogens with zero attached hydrogens (tertiary/aromatic N) is 4. The molecule has 31 heavy (non-hydrogen) atoms. The third kappa shape index (κ3) is 5.22. The third-order valence-electron chi connectivity index (χ3n) is 5.67. The van der Waals surface area contributed by atoms with Gasteiger partial charge in [-0.3, -0.25) is 9.69 Å². The Bertz CT molecular complexity index is 885. The van der Waals surface area contributed by atoms with Crippen molar-refractivity contribution in [2.24, 2.45) is 0 Å². The summed E-state index contributed by atoms with van der Waals surface area (Å²) in [5, 5.41) is 3.07. The van der Waals surface area contributed by atoms with Gasteiger partial charge in [0.1, 0.15) is 18.4 Å². The number of benzene rings is 1. The number of urea groups is 1. The highest BCUT2D eigenvalue weighted by Gasteiger charge is 2.32. The van der Waals surface area contributed by atoms with Crippen LogP contribution in [0.1, 0.15) is 25.7 Å². The molecule has 1 aliphatic heterocycles. The number of methoxy groups -OCH3 is 1. The smallest absolute Gasteiger partial charge is 0.325 e. The zero-order chi connectivity index (χ0) is 21.6. The minimum absolute atomic E-state index is 0.0637. The van der Waals surface area contributed by atoms with E-state index < -0.39 is 0 Å². The highest BCUT2D eigenvalue weighted by molar-refractivity contribution is 5.96. The van der Waals surface area contributed by atoms with Gasteiger partial charge in [0.05, 0.1) is 7.11 Å². The standard InChI is InChI=1S/C22H27N5O4/c1-30-18-9-5-17(6-10-18)27-14-13-26(22(27)29)15-20(28)25-16-3-7-19(8-4-16)31-21-23-11-2-12-24-21/h2,5-6,9-12,16,19H,3-4,7-8,13-15H2,1H3,(H,25,28). The lowest BCUT2D eigenvalue weighted by Crippen LogP contribution is -2.45. The molecule has 2 heterocycles. The Morgan fingerprint density at radius 2 is 1.81 bits per heavy atom. The molecule has 1 N–H and O–H groups in total. The maximum Gasteiger partial charge on any atom is 0.325 e. The van der Waals surface area contributed by atoms with E-state index in [0.717, 1.165) is 37.1 Å². The molecule has 3 amide bonds. The first kappa shape index (κ1) is 20.9. The zero-order valence-electron chi connectivity index (χ0n) is 17.6. The van der Waals surface area contributed by atoms with E-state index in [1.54, 1.807) is 35.4 Å². The van der Waals surface area contributed by atoms with Crippen LogP contribution in [0.4, 0.5) is 10.5 Å². The Labute approximate surface area is 181 Å². The molecule has 4 rings (SSSR count). The molecular formula is C22H27N5O4. The molecule has 164 valence electrons. The van der Waals surface area contributed by atoms with Crippen molar-refractivity contribution in [3.05, 3.63) is 42.7 Å². The number of anilines is 1. The summed E-state index contributed by atoms with van der Waals surface area (Å²) in [6.07, 6.45) is 6.69. The van der Waals surface area contributed by atoms with E-state index in [2.05, 4.69) is 15.3 Å². The van der Waals surface area contributed by atoms with Crippen LogP contribution in [0.25, 0.3) is 0 Å². The summed E-state index contributed by atoms with van der Waals surface area (Å²) in [4.78, 5) is 36.7. The van der Waals surface area contributed by atoms with Crippen molar-refractivity contribution in [2.45, 2.75) is 37.8 Å². The molecule has 0 bridgehead atoms.